The van der Waals surface area contributed by atoms with Gasteiger partial charge in [-0.05, 0) is 19.4 Å². The lowest BCUT2D eigenvalue weighted by atomic mass is 10.2. The first-order valence-electron chi connectivity index (χ1n) is 5.38. The Kier molecular flexibility index (Phi) is 3.96. The van der Waals surface area contributed by atoms with Gasteiger partial charge in [-0.25, -0.2) is 13.4 Å². The molecule has 0 unspecified atom stereocenters. The Balaban J connectivity index is 2.36. The van der Waals surface area contributed by atoms with Gasteiger partial charge in [0.2, 0.25) is 10.0 Å². The summed E-state index contributed by atoms with van der Waals surface area (Å²) in [5.41, 5.74) is 1.04. The van der Waals surface area contributed by atoms with E-state index >= 15 is 0 Å². The van der Waals surface area contributed by atoms with Crippen molar-refractivity contribution >= 4 is 33.2 Å². The first-order chi connectivity index (χ1) is 8.41. The van der Waals surface area contributed by atoms with Crippen molar-refractivity contribution in [3.8, 4) is 0 Å². The molecule has 98 valence electrons. The van der Waals surface area contributed by atoms with Gasteiger partial charge in [-0.2, -0.15) is 4.31 Å². The molecule has 0 bridgehead atoms. The van der Waals surface area contributed by atoms with Crippen LogP contribution in [0.5, 0.6) is 0 Å². The topological polar surface area (TPSA) is 50.3 Å². The molecule has 0 fully saturated rings. The molecule has 18 heavy (non-hydrogen) atoms. The molecule has 0 atom stereocenters. The zero-order chi connectivity index (χ0) is 13.3. The molecular weight excluding hydrogens is 295 g/mol. The first kappa shape index (κ1) is 13.8. The van der Waals surface area contributed by atoms with Crippen molar-refractivity contribution in [1.82, 2.24) is 9.29 Å². The van der Waals surface area contributed by atoms with E-state index in [0.29, 0.717) is 13.1 Å². The van der Waals surface area contributed by atoms with Crippen LogP contribution in [-0.2, 0) is 10.0 Å². The van der Waals surface area contributed by atoms with Gasteiger partial charge in [0.15, 0.2) is 0 Å². The van der Waals surface area contributed by atoms with Crippen molar-refractivity contribution < 1.29 is 8.42 Å². The SMILES string of the molecule is CC1=CCCN(S(=O)(=O)c2cnc(Cl)c(Cl)c2)C1. The highest BCUT2D eigenvalue weighted by Gasteiger charge is 2.26. The molecule has 7 heteroatoms. The van der Waals surface area contributed by atoms with E-state index in [1.807, 2.05) is 13.0 Å². The number of rotatable bonds is 2. The molecule has 1 aromatic heterocycles. The third-order valence-electron chi connectivity index (χ3n) is 2.71. The molecule has 0 N–H and O–H groups in total. The van der Waals surface area contributed by atoms with Crippen molar-refractivity contribution in [2.45, 2.75) is 18.2 Å². The normalized spacial score (nSPS) is 17.6. The van der Waals surface area contributed by atoms with Gasteiger partial charge in [-0.15, -0.1) is 0 Å². The van der Waals surface area contributed by atoms with Crippen LogP contribution >= 0.6 is 23.2 Å². The van der Waals surface area contributed by atoms with Crippen LogP contribution in [0.15, 0.2) is 28.8 Å². The molecular formula is C11H12Cl2N2O2S. The summed E-state index contributed by atoms with van der Waals surface area (Å²) in [6.45, 7) is 2.79. The number of sulfonamides is 1. The molecule has 0 saturated heterocycles. The smallest absolute Gasteiger partial charge is 0.242 e. The summed E-state index contributed by atoms with van der Waals surface area (Å²) in [6.07, 6.45) is 4.00. The summed E-state index contributed by atoms with van der Waals surface area (Å²) in [5, 5.41) is 0.243. The Hall–Kier alpha value is -0.620. The summed E-state index contributed by atoms with van der Waals surface area (Å²) in [7, 11) is -3.55. The fraction of sp³-hybridized carbons (Fsp3) is 0.364. The minimum absolute atomic E-state index is 0.0756. The minimum Gasteiger partial charge on any atom is -0.242 e. The number of hydrogen-bond donors (Lipinski definition) is 0. The molecule has 1 aromatic rings. The van der Waals surface area contributed by atoms with Crippen LogP contribution in [0.2, 0.25) is 10.2 Å². The number of aromatic nitrogens is 1. The lowest BCUT2D eigenvalue weighted by Crippen LogP contribution is -2.35. The highest BCUT2D eigenvalue weighted by atomic mass is 35.5. The fourth-order valence-electron chi connectivity index (χ4n) is 1.78. The van der Waals surface area contributed by atoms with Crippen molar-refractivity contribution in [3.63, 3.8) is 0 Å². The van der Waals surface area contributed by atoms with Crippen LogP contribution in [0.3, 0.4) is 0 Å². The third kappa shape index (κ3) is 2.69. The molecule has 4 nitrogen and oxygen atoms in total. The second-order valence-electron chi connectivity index (χ2n) is 4.12. The summed E-state index contributed by atoms with van der Waals surface area (Å²) < 4.78 is 26.1. The summed E-state index contributed by atoms with van der Waals surface area (Å²) >= 11 is 11.5. The standard InChI is InChI=1S/C11H12Cl2N2O2S/c1-8-3-2-4-15(7-8)18(16,17)9-5-10(12)11(13)14-6-9/h3,5-6H,2,4,7H2,1H3. The van der Waals surface area contributed by atoms with E-state index in [4.69, 9.17) is 23.2 Å². The van der Waals surface area contributed by atoms with E-state index in [-0.39, 0.29) is 15.1 Å². The number of pyridine rings is 1. The van der Waals surface area contributed by atoms with Gasteiger partial charge in [-0.1, -0.05) is 34.9 Å². The highest BCUT2D eigenvalue weighted by molar-refractivity contribution is 7.89. The van der Waals surface area contributed by atoms with E-state index in [2.05, 4.69) is 4.98 Å². The van der Waals surface area contributed by atoms with Gasteiger partial charge < -0.3 is 0 Å². The van der Waals surface area contributed by atoms with Crippen LogP contribution in [0.25, 0.3) is 0 Å². The molecule has 0 aliphatic carbocycles. The Morgan fingerprint density at radius 2 is 2.11 bits per heavy atom. The number of halogens is 2. The lowest BCUT2D eigenvalue weighted by molar-refractivity contribution is 0.427. The van der Waals surface area contributed by atoms with Crippen molar-refractivity contribution in [2.75, 3.05) is 13.1 Å². The first-order valence-corrected chi connectivity index (χ1v) is 7.57. The predicted octanol–water partition coefficient (Wildman–Crippen LogP) is 2.73. The maximum absolute atomic E-state index is 12.4. The van der Waals surface area contributed by atoms with Gasteiger partial charge in [-0.3, -0.25) is 0 Å². The zero-order valence-electron chi connectivity index (χ0n) is 9.73. The van der Waals surface area contributed by atoms with Crippen LogP contribution in [-0.4, -0.2) is 30.8 Å². The largest absolute Gasteiger partial charge is 0.244 e. The minimum atomic E-state index is -3.55. The molecule has 0 saturated carbocycles. The summed E-state index contributed by atoms with van der Waals surface area (Å²) in [4.78, 5) is 3.85. The van der Waals surface area contributed by atoms with Crippen LogP contribution < -0.4 is 0 Å². The second kappa shape index (κ2) is 5.17. The molecule has 2 heterocycles. The number of hydrogen-bond acceptors (Lipinski definition) is 3. The van der Waals surface area contributed by atoms with E-state index in [0.717, 1.165) is 12.0 Å². The Labute approximate surface area is 116 Å². The molecule has 1 aliphatic rings. The summed E-state index contributed by atoms with van der Waals surface area (Å²) in [5.74, 6) is 0. The maximum Gasteiger partial charge on any atom is 0.244 e. The molecule has 1 aliphatic heterocycles. The Morgan fingerprint density at radius 3 is 2.72 bits per heavy atom. The van der Waals surface area contributed by atoms with Gasteiger partial charge in [0.1, 0.15) is 10.0 Å². The lowest BCUT2D eigenvalue weighted by Gasteiger charge is -2.25. The average molecular weight is 307 g/mol. The quantitative estimate of drug-likeness (QED) is 0.623. The van der Waals surface area contributed by atoms with Crippen LogP contribution in [0, 0.1) is 0 Å². The van der Waals surface area contributed by atoms with Crippen molar-refractivity contribution in [1.29, 1.82) is 0 Å². The summed E-state index contributed by atoms with van der Waals surface area (Å²) in [6, 6.07) is 1.33. The predicted molar refractivity (Wildman–Crippen MR) is 71.4 cm³/mol. The van der Waals surface area contributed by atoms with Crippen LogP contribution in [0.1, 0.15) is 13.3 Å². The van der Waals surface area contributed by atoms with Gasteiger partial charge >= 0.3 is 0 Å². The molecule has 0 amide bonds. The van der Waals surface area contributed by atoms with Gasteiger partial charge in [0.05, 0.1) is 5.02 Å². The average Bonchev–Trinajstić information content (AvgIpc) is 2.32. The maximum atomic E-state index is 12.4. The number of nitrogens with zero attached hydrogens (tertiary/aromatic N) is 2. The molecule has 2 rings (SSSR count). The van der Waals surface area contributed by atoms with E-state index in [1.165, 1.54) is 16.6 Å². The molecule has 0 radical (unpaired) electrons. The monoisotopic (exact) mass is 306 g/mol. The zero-order valence-corrected chi connectivity index (χ0v) is 12.1. The van der Waals surface area contributed by atoms with E-state index in [1.54, 1.807) is 0 Å². The molecule has 0 spiro atoms. The fourth-order valence-corrected chi connectivity index (χ4v) is 3.58. The molecule has 0 aromatic carbocycles. The van der Waals surface area contributed by atoms with Crippen molar-refractivity contribution in [3.05, 3.63) is 34.1 Å². The Bertz CT molecular complexity index is 599. The van der Waals surface area contributed by atoms with Crippen LogP contribution in [0.4, 0.5) is 0 Å². The van der Waals surface area contributed by atoms with E-state index < -0.39 is 10.0 Å². The van der Waals surface area contributed by atoms with Crippen molar-refractivity contribution in [2.24, 2.45) is 0 Å². The second-order valence-corrected chi connectivity index (χ2v) is 6.82. The highest BCUT2D eigenvalue weighted by Crippen LogP contribution is 2.25. The van der Waals surface area contributed by atoms with Gasteiger partial charge in [0.25, 0.3) is 0 Å². The Morgan fingerprint density at radius 1 is 1.39 bits per heavy atom. The van der Waals surface area contributed by atoms with Gasteiger partial charge in [0, 0.05) is 19.3 Å². The van der Waals surface area contributed by atoms with E-state index in [9.17, 15) is 8.42 Å². The third-order valence-corrected chi connectivity index (χ3v) is 5.20.